The van der Waals surface area contributed by atoms with E-state index in [-0.39, 0.29) is 17.5 Å². The Bertz CT molecular complexity index is 720. The molecule has 0 amide bonds. The predicted octanol–water partition coefficient (Wildman–Crippen LogP) is 4.40. The summed E-state index contributed by atoms with van der Waals surface area (Å²) in [5.74, 6) is -0.611. The molecule has 2 heterocycles. The molecule has 122 valence electrons. The van der Waals surface area contributed by atoms with Gasteiger partial charge in [0.05, 0.1) is 15.1 Å². The number of rotatable bonds is 3. The number of nitrogens with zero attached hydrogens (tertiary/aromatic N) is 1. The molecule has 1 fully saturated rings. The van der Waals surface area contributed by atoms with Gasteiger partial charge in [-0.1, -0.05) is 29.3 Å². The van der Waals surface area contributed by atoms with E-state index in [1.165, 1.54) is 11.3 Å². The number of benzene rings is 1. The summed E-state index contributed by atoms with van der Waals surface area (Å²) in [4.78, 5) is 15.4. The normalized spacial score (nSPS) is 21.8. The van der Waals surface area contributed by atoms with Gasteiger partial charge in [0.1, 0.15) is 0 Å². The van der Waals surface area contributed by atoms with E-state index in [2.05, 4.69) is 10.3 Å². The van der Waals surface area contributed by atoms with Crippen LogP contribution in [-0.2, 0) is 0 Å². The summed E-state index contributed by atoms with van der Waals surface area (Å²) in [6, 6.07) is 5.74. The smallest absolute Gasteiger partial charge is 0.355 e. The molecule has 0 spiro atoms. The van der Waals surface area contributed by atoms with Crippen molar-refractivity contribution in [2.45, 2.75) is 24.7 Å². The van der Waals surface area contributed by atoms with Gasteiger partial charge in [-0.2, -0.15) is 0 Å². The van der Waals surface area contributed by atoms with Gasteiger partial charge in [0.15, 0.2) is 5.69 Å². The van der Waals surface area contributed by atoms with Crippen molar-refractivity contribution in [1.29, 1.82) is 0 Å². The summed E-state index contributed by atoms with van der Waals surface area (Å²) >= 11 is 13.6. The lowest BCUT2D eigenvalue weighted by Crippen LogP contribution is -2.22. The molecule has 4 nitrogen and oxygen atoms in total. The van der Waals surface area contributed by atoms with Gasteiger partial charge in [0.2, 0.25) is 0 Å². The van der Waals surface area contributed by atoms with Crippen LogP contribution in [0.1, 0.15) is 45.7 Å². The van der Waals surface area contributed by atoms with Crippen LogP contribution >= 0.6 is 34.5 Å². The highest BCUT2D eigenvalue weighted by Gasteiger charge is 2.29. The first-order chi connectivity index (χ1) is 11.1. The molecular weight excluding hydrogens is 355 g/mol. The van der Waals surface area contributed by atoms with Crippen LogP contribution in [0.15, 0.2) is 23.6 Å². The third kappa shape index (κ3) is 3.69. The highest BCUT2D eigenvalue weighted by atomic mass is 35.5. The van der Waals surface area contributed by atoms with Gasteiger partial charge in [-0.3, -0.25) is 0 Å². The summed E-state index contributed by atoms with van der Waals surface area (Å²) in [5.41, 5.74) is 1.24. The van der Waals surface area contributed by atoms with Crippen molar-refractivity contribution in [3.05, 3.63) is 49.9 Å². The fourth-order valence-electron chi connectivity index (χ4n) is 3.01. The summed E-state index contributed by atoms with van der Waals surface area (Å²) in [7, 11) is 0. The number of halogens is 2. The first-order valence-electron chi connectivity index (χ1n) is 7.40. The van der Waals surface area contributed by atoms with E-state index in [9.17, 15) is 4.79 Å². The second-order valence-electron chi connectivity index (χ2n) is 5.61. The van der Waals surface area contributed by atoms with Gasteiger partial charge >= 0.3 is 5.97 Å². The van der Waals surface area contributed by atoms with Crippen molar-refractivity contribution in [1.82, 2.24) is 10.3 Å². The van der Waals surface area contributed by atoms with Crippen LogP contribution in [-0.4, -0.2) is 29.1 Å². The standard InChI is InChI=1S/C16H16Cl2N2O2S/c17-12-4-3-9(6-13(12)18)10-2-1-5-19-7-11(10)15-20-14(8-23-15)16(21)22/h3-4,6,8,10-11,19H,1-2,5,7H2,(H,21,22)/t10-,11+/m0/s1. The molecule has 1 aliphatic heterocycles. The molecule has 1 aromatic carbocycles. The molecule has 3 rings (SSSR count). The topological polar surface area (TPSA) is 62.2 Å². The molecule has 0 unspecified atom stereocenters. The highest BCUT2D eigenvalue weighted by Crippen LogP contribution is 2.40. The number of nitrogens with one attached hydrogen (secondary N) is 1. The van der Waals surface area contributed by atoms with Crippen LogP contribution in [0, 0.1) is 0 Å². The average molecular weight is 371 g/mol. The lowest BCUT2D eigenvalue weighted by molar-refractivity contribution is 0.0691. The Kier molecular flexibility index (Phi) is 5.21. The molecule has 1 saturated heterocycles. The number of carbonyl (C=O) groups is 1. The molecule has 7 heteroatoms. The minimum Gasteiger partial charge on any atom is -0.476 e. The molecule has 0 aliphatic carbocycles. The lowest BCUT2D eigenvalue weighted by Gasteiger charge is -2.24. The van der Waals surface area contributed by atoms with Crippen molar-refractivity contribution in [2.75, 3.05) is 13.1 Å². The lowest BCUT2D eigenvalue weighted by atomic mass is 9.84. The number of carboxylic acids is 1. The van der Waals surface area contributed by atoms with E-state index < -0.39 is 5.97 Å². The molecule has 1 aliphatic rings. The first-order valence-corrected chi connectivity index (χ1v) is 9.04. The van der Waals surface area contributed by atoms with E-state index in [1.54, 1.807) is 5.38 Å². The Balaban J connectivity index is 1.96. The fourth-order valence-corrected chi connectivity index (χ4v) is 4.27. The second kappa shape index (κ2) is 7.18. The van der Waals surface area contributed by atoms with Crippen LogP contribution in [0.25, 0.3) is 0 Å². The number of aromatic nitrogens is 1. The van der Waals surface area contributed by atoms with Gasteiger partial charge < -0.3 is 10.4 Å². The van der Waals surface area contributed by atoms with Crippen LogP contribution in [0.2, 0.25) is 10.0 Å². The van der Waals surface area contributed by atoms with Crippen LogP contribution in [0.5, 0.6) is 0 Å². The Morgan fingerprint density at radius 2 is 2.13 bits per heavy atom. The van der Waals surface area contributed by atoms with Gasteiger partial charge in [-0.05, 0) is 43.0 Å². The minimum atomic E-state index is -0.986. The van der Waals surface area contributed by atoms with Crippen molar-refractivity contribution in [3.63, 3.8) is 0 Å². The molecule has 23 heavy (non-hydrogen) atoms. The van der Waals surface area contributed by atoms with Gasteiger partial charge in [0.25, 0.3) is 0 Å². The van der Waals surface area contributed by atoms with Crippen LogP contribution in [0.3, 0.4) is 0 Å². The molecule has 2 N–H and O–H groups in total. The van der Waals surface area contributed by atoms with Gasteiger partial charge in [0, 0.05) is 17.8 Å². The maximum Gasteiger partial charge on any atom is 0.355 e. The molecule has 1 aromatic heterocycles. The maximum absolute atomic E-state index is 11.1. The number of hydrogen-bond donors (Lipinski definition) is 2. The second-order valence-corrected chi connectivity index (χ2v) is 7.31. The number of thiazole rings is 1. The highest BCUT2D eigenvalue weighted by molar-refractivity contribution is 7.09. The van der Waals surface area contributed by atoms with E-state index in [0.29, 0.717) is 10.0 Å². The van der Waals surface area contributed by atoms with E-state index >= 15 is 0 Å². The Hall–Kier alpha value is -1.14. The van der Waals surface area contributed by atoms with Crippen molar-refractivity contribution < 1.29 is 9.90 Å². The predicted molar refractivity (Wildman–Crippen MR) is 93.1 cm³/mol. The largest absolute Gasteiger partial charge is 0.476 e. The molecule has 2 atom stereocenters. The fraction of sp³-hybridized carbons (Fsp3) is 0.375. The summed E-state index contributed by atoms with van der Waals surface area (Å²) in [6.07, 6.45) is 2.05. The molecule has 0 bridgehead atoms. The summed E-state index contributed by atoms with van der Waals surface area (Å²) in [5, 5.41) is 16.1. The number of carboxylic acid groups (broad SMARTS) is 1. The maximum atomic E-state index is 11.1. The van der Waals surface area contributed by atoms with Gasteiger partial charge in [-0.15, -0.1) is 11.3 Å². The first kappa shape index (κ1) is 16.7. The minimum absolute atomic E-state index is 0.113. The molecule has 0 saturated carbocycles. The zero-order valence-corrected chi connectivity index (χ0v) is 14.6. The SMILES string of the molecule is O=C(O)c1csc([C@@H]2CNCCC[C@H]2c2ccc(Cl)c(Cl)c2)n1. The molecule has 2 aromatic rings. The molecular formula is C16H16Cl2N2O2S. The Morgan fingerprint density at radius 3 is 2.83 bits per heavy atom. The van der Waals surface area contributed by atoms with Crippen molar-refractivity contribution >= 4 is 40.5 Å². The molecule has 0 radical (unpaired) electrons. The Labute approximate surface area is 148 Å². The van der Waals surface area contributed by atoms with Gasteiger partial charge in [-0.25, -0.2) is 9.78 Å². The summed E-state index contributed by atoms with van der Waals surface area (Å²) in [6.45, 7) is 1.73. The quantitative estimate of drug-likeness (QED) is 0.840. The van der Waals surface area contributed by atoms with Crippen LogP contribution < -0.4 is 5.32 Å². The average Bonchev–Trinajstić information content (AvgIpc) is 2.89. The van der Waals surface area contributed by atoms with Crippen LogP contribution in [0.4, 0.5) is 0 Å². The third-order valence-corrected chi connectivity index (χ3v) is 5.86. The number of aromatic carboxylic acids is 1. The zero-order valence-electron chi connectivity index (χ0n) is 12.3. The number of hydrogen-bond acceptors (Lipinski definition) is 4. The van der Waals surface area contributed by atoms with Crippen molar-refractivity contribution in [2.24, 2.45) is 0 Å². The zero-order chi connectivity index (χ0) is 16.4. The summed E-state index contributed by atoms with van der Waals surface area (Å²) < 4.78 is 0. The monoisotopic (exact) mass is 370 g/mol. The van der Waals surface area contributed by atoms with E-state index in [1.807, 2.05) is 18.2 Å². The Morgan fingerprint density at radius 1 is 1.30 bits per heavy atom. The van der Waals surface area contributed by atoms with E-state index in [4.69, 9.17) is 28.3 Å². The third-order valence-electron chi connectivity index (χ3n) is 4.15. The van der Waals surface area contributed by atoms with Crippen molar-refractivity contribution in [3.8, 4) is 0 Å². The van der Waals surface area contributed by atoms with E-state index in [0.717, 1.165) is 36.5 Å².